The highest BCUT2D eigenvalue weighted by Gasteiger charge is 2.06. The van der Waals surface area contributed by atoms with Crippen LogP contribution in [0.3, 0.4) is 0 Å². The summed E-state index contributed by atoms with van der Waals surface area (Å²) in [6, 6.07) is 15.0. The molecule has 0 atom stereocenters. The zero-order valence-corrected chi connectivity index (χ0v) is 10.0. The van der Waals surface area contributed by atoms with Gasteiger partial charge in [0.15, 0.2) is 0 Å². The standard InChI is InChI=1S/C16H12FN/c1-11-4-7-14(15(17)9-11)13-6-5-12-3-2-8-18-16(12)10-13/h2-10H,1H3. The summed E-state index contributed by atoms with van der Waals surface area (Å²) in [4.78, 5) is 4.29. The number of halogens is 1. The highest BCUT2D eigenvalue weighted by atomic mass is 19.1. The zero-order valence-electron chi connectivity index (χ0n) is 10.0. The summed E-state index contributed by atoms with van der Waals surface area (Å²) in [6.07, 6.45) is 1.75. The lowest BCUT2D eigenvalue weighted by molar-refractivity contribution is 0.630. The number of hydrogen-bond donors (Lipinski definition) is 0. The molecule has 0 unspecified atom stereocenters. The molecule has 88 valence electrons. The topological polar surface area (TPSA) is 12.9 Å². The maximum Gasteiger partial charge on any atom is 0.131 e. The maximum absolute atomic E-state index is 13.9. The molecule has 0 spiro atoms. The highest BCUT2D eigenvalue weighted by molar-refractivity contribution is 5.84. The van der Waals surface area contributed by atoms with Crippen LogP contribution in [-0.4, -0.2) is 4.98 Å². The van der Waals surface area contributed by atoms with Crippen LogP contribution < -0.4 is 0 Å². The van der Waals surface area contributed by atoms with Crippen molar-refractivity contribution in [2.24, 2.45) is 0 Å². The summed E-state index contributed by atoms with van der Waals surface area (Å²) < 4.78 is 13.9. The minimum absolute atomic E-state index is 0.190. The number of rotatable bonds is 1. The van der Waals surface area contributed by atoms with E-state index in [1.54, 1.807) is 12.3 Å². The Kier molecular flexibility index (Phi) is 2.56. The lowest BCUT2D eigenvalue weighted by Gasteiger charge is -2.05. The van der Waals surface area contributed by atoms with Crippen LogP contribution in [0.4, 0.5) is 4.39 Å². The highest BCUT2D eigenvalue weighted by Crippen LogP contribution is 2.26. The molecule has 0 radical (unpaired) electrons. The molecular weight excluding hydrogens is 225 g/mol. The van der Waals surface area contributed by atoms with E-state index in [0.717, 1.165) is 22.0 Å². The molecule has 0 fully saturated rings. The molecular formula is C16H12FN. The van der Waals surface area contributed by atoms with Gasteiger partial charge in [0.05, 0.1) is 5.52 Å². The molecule has 0 bridgehead atoms. The summed E-state index contributed by atoms with van der Waals surface area (Å²) in [6.45, 7) is 1.88. The van der Waals surface area contributed by atoms with Gasteiger partial charge < -0.3 is 0 Å². The van der Waals surface area contributed by atoms with Gasteiger partial charge in [-0.25, -0.2) is 4.39 Å². The van der Waals surface area contributed by atoms with E-state index < -0.39 is 0 Å². The lowest BCUT2D eigenvalue weighted by Crippen LogP contribution is -1.86. The smallest absolute Gasteiger partial charge is 0.131 e. The Balaban J connectivity index is 2.19. The van der Waals surface area contributed by atoms with Crippen LogP contribution in [0.15, 0.2) is 54.7 Å². The fraction of sp³-hybridized carbons (Fsp3) is 0.0625. The fourth-order valence-electron chi connectivity index (χ4n) is 2.09. The fourth-order valence-corrected chi connectivity index (χ4v) is 2.09. The van der Waals surface area contributed by atoms with Gasteiger partial charge in [-0.1, -0.05) is 30.3 Å². The molecule has 0 saturated heterocycles. The van der Waals surface area contributed by atoms with E-state index in [0.29, 0.717) is 5.56 Å². The van der Waals surface area contributed by atoms with Crippen molar-refractivity contribution in [3.63, 3.8) is 0 Å². The molecule has 1 aromatic heterocycles. The van der Waals surface area contributed by atoms with E-state index in [1.165, 1.54) is 0 Å². The van der Waals surface area contributed by atoms with Gasteiger partial charge in [-0.05, 0) is 36.2 Å². The number of benzene rings is 2. The van der Waals surface area contributed by atoms with Crippen LogP contribution in [-0.2, 0) is 0 Å². The summed E-state index contributed by atoms with van der Waals surface area (Å²) in [5.41, 5.74) is 3.29. The van der Waals surface area contributed by atoms with Gasteiger partial charge >= 0.3 is 0 Å². The Hall–Kier alpha value is -2.22. The van der Waals surface area contributed by atoms with Gasteiger partial charge in [0.25, 0.3) is 0 Å². The number of fused-ring (bicyclic) bond motifs is 1. The average molecular weight is 237 g/mol. The van der Waals surface area contributed by atoms with E-state index >= 15 is 0 Å². The van der Waals surface area contributed by atoms with Crippen molar-refractivity contribution in [2.75, 3.05) is 0 Å². The Bertz CT molecular complexity index is 719. The van der Waals surface area contributed by atoms with Crippen molar-refractivity contribution in [2.45, 2.75) is 6.92 Å². The van der Waals surface area contributed by atoms with Crippen molar-refractivity contribution in [3.8, 4) is 11.1 Å². The van der Waals surface area contributed by atoms with Gasteiger partial charge in [0, 0.05) is 17.1 Å². The molecule has 0 aliphatic carbocycles. The minimum Gasteiger partial charge on any atom is -0.256 e. The van der Waals surface area contributed by atoms with E-state index in [-0.39, 0.29) is 5.82 Å². The van der Waals surface area contributed by atoms with Gasteiger partial charge in [-0.3, -0.25) is 4.98 Å². The normalized spacial score (nSPS) is 10.8. The molecule has 1 heterocycles. The second-order valence-corrected chi connectivity index (χ2v) is 4.39. The number of pyridine rings is 1. The number of aryl methyl sites for hydroxylation is 1. The van der Waals surface area contributed by atoms with Crippen LogP contribution in [0.2, 0.25) is 0 Å². The molecule has 0 saturated carbocycles. The van der Waals surface area contributed by atoms with Crippen molar-refractivity contribution in [1.29, 1.82) is 0 Å². The molecule has 0 N–H and O–H groups in total. The number of nitrogens with zero attached hydrogens (tertiary/aromatic N) is 1. The molecule has 0 aliphatic heterocycles. The van der Waals surface area contributed by atoms with Crippen molar-refractivity contribution in [3.05, 3.63) is 66.1 Å². The maximum atomic E-state index is 13.9. The Labute approximate surface area is 105 Å². The molecule has 3 rings (SSSR count). The van der Waals surface area contributed by atoms with E-state index in [9.17, 15) is 4.39 Å². The molecule has 0 aliphatic rings. The first kappa shape index (κ1) is 10.9. The van der Waals surface area contributed by atoms with Gasteiger partial charge in [0.2, 0.25) is 0 Å². The minimum atomic E-state index is -0.190. The van der Waals surface area contributed by atoms with Crippen LogP contribution in [0.5, 0.6) is 0 Å². The Morgan fingerprint density at radius 3 is 2.72 bits per heavy atom. The average Bonchev–Trinajstić information content (AvgIpc) is 2.38. The SMILES string of the molecule is Cc1ccc(-c2ccc3cccnc3c2)c(F)c1. The van der Waals surface area contributed by atoms with E-state index in [2.05, 4.69) is 4.98 Å². The van der Waals surface area contributed by atoms with Crippen LogP contribution in [0, 0.1) is 12.7 Å². The largest absolute Gasteiger partial charge is 0.256 e. The molecule has 0 amide bonds. The first-order valence-corrected chi connectivity index (χ1v) is 5.85. The predicted octanol–water partition coefficient (Wildman–Crippen LogP) is 4.35. The third kappa shape index (κ3) is 1.86. The summed E-state index contributed by atoms with van der Waals surface area (Å²) in [5.74, 6) is -0.190. The molecule has 2 aromatic carbocycles. The zero-order chi connectivity index (χ0) is 12.5. The second kappa shape index (κ2) is 4.22. The predicted molar refractivity (Wildman–Crippen MR) is 71.9 cm³/mol. The first-order valence-electron chi connectivity index (χ1n) is 5.85. The van der Waals surface area contributed by atoms with E-state index in [1.807, 2.05) is 49.4 Å². The summed E-state index contributed by atoms with van der Waals surface area (Å²) in [5, 5.41) is 1.06. The molecule has 1 nitrogen and oxygen atoms in total. The second-order valence-electron chi connectivity index (χ2n) is 4.39. The van der Waals surface area contributed by atoms with Crippen LogP contribution in [0.1, 0.15) is 5.56 Å². The molecule has 3 aromatic rings. The van der Waals surface area contributed by atoms with Crippen molar-refractivity contribution >= 4 is 10.9 Å². The quantitative estimate of drug-likeness (QED) is 0.613. The monoisotopic (exact) mass is 237 g/mol. The van der Waals surface area contributed by atoms with Crippen LogP contribution in [0.25, 0.3) is 22.0 Å². The summed E-state index contributed by atoms with van der Waals surface area (Å²) >= 11 is 0. The Morgan fingerprint density at radius 2 is 1.89 bits per heavy atom. The van der Waals surface area contributed by atoms with Gasteiger partial charge in [-0.15, -0.1) is 0 Å². The van der Waals surface area contributed by atoms with Crippen molar-refractivity contribution in [1.82, 2.24) is 4.98 Å². The van der Waals surface area contributed by atoms with E-state index in [4.69, 9.17) is 0 Å². The first-order chi connectivity index (χ1) is 8.74. The molecule has 2 heteroatoms. The third-order valence-corrected chi connectivity index (χ3v) is 3.04. The third-order valence-electron chi connectivity index (χ3n) is 3.04. The summed E-state index contributed by atoms with van der Waals surface area (Å²) in [7, 11) is 0. The van der Waals surface area contributed by atoms with Gasteiger partial charge in [0.1, 0.15) is 5.82 Å². The number of aromatic nitrogens is 1. The van der Waals surface area contributed by atoms with Crippen LogP contribution >= 0.6 is 0 Å². The Morgan fingerprint density at radius 1 is 1.00 bits per heavy atom. The lowest BCUT2D eigenvalue weighted by atomic mass is 10.0. The van der Waals surface area contributed by atoms with Crippen molar-refractivity contribution < 1.29 is 4.39 Å². The number of hydrogen-bond acceptors (Lipinski definition) is 1. The molecule has 18 heavy (non-hydrogen) atoms. The van der Waals surface area contributed by atoms with Gasteiger partial charge in [-0.2, -0.15) is 0 Å².